The maximum atomic E-state index is 10.8. The number of rotatable bonds is 12. The number of nitro groups is 1. The second-order valence-corrected chi connectivity index (χ2v) is 8.28. The quantitative estimate of drug-likeness (QED) is 0.168. The molecule has 13 heteroatoms. The molecule has 0 atom stereocenters. The van der Waals surface area contributed by atoms with Gasteiger partial charge in [-0.1, -0.05) is 15.9 Å². The molecule has 0 saturated heterocycles. The molecule has 0 saturated carbocycles. The van der Waals surface area contributed by atoms with Crippen molar-refractivity contribution in [3.63, 3.8) is 0 Å². The number of aliphatic imine (C=N–C) groups is 1. The highest BCUT2D eigenvalue weighted by Crippen LogP contribution is 2.18. The molecule has 9 nitrogen and oxygen atoms in total. The van der Waals surface area contributed by atoms with Gasteiger partial charge < -0.3 is 5.32 Å². The number of aromatic nitrogens is 4. The van der Waals surface area contributed by atoms with E-state index in [1.165, 1.54) is 0 Å². The average Bonchev–Trinajstić information content (AvgIpc) is 3.07. The first kappa shape index (κ1) is 22.7. The van der Waals surface area contributed by atoms with Gasteiger partial charge in [-0.3, -0.25) is 20.1 Å². The molecular formula is C15H19Cl2N7O2S2. The molecule has 0 spiro atoms. The van der Waals surface area contributed by atoms with Crippen molar-refractivity contribution in [2.24, 2.45) is 4.99 Å². The van der Waals surface area contributed by atoms with Crippen LogP contribution in [0.15, 0.2) is 29.5 Å². The van der Waals surface area contributed by atoms with Gasteiger partial charge in [0, 0.05) is 40.7 Å². The standard InChI is InChI=1S/C15H19Cl2N7O2S2/c16-13-2-1-3-18-14(13)11-28-7-5-20-15(9-23(25)26)19-4-6-27-10-12-8-21-24(17)22-12/h1-3,8H,4-7,9-11H2,(H,19,20). The second-order valence-electron chi connectivity index (χ2n) is 5.36. The van der Waals surface area contributed by atoms with Gasteiger partial charge in [-0.25, -0.2) is 0 Å². The zero-order chi connectivity index (χ0) is 20.2. The maximum Gasteiger partial charge on any atom is 0.259 e. The van der Waals surface area contributed by atoms with Crippen molar-refractivity contribution < 1.29 is 4.92 Å². The molecule has 2 heterocycles. The Morgan fingerprint density at radius 3 is 2.89 bits per heavy atom. The van der Waals surface area contributed by atoms with E-state index in [2.05, 4.69) is 25.5 Å². The normalized spacial score (nSPS) is 11.6. The molecule has 1 N–H and O–H groups in total. The van der Waals surface area contributed by atoms with E-state index in [1.54, 1.807) is 48.1 Å². The van der Waals surface area contributed by atoms with Gasteiger partial charge in [-0.2, -0.15) is 23.5 Å². The minimum absolute atomic E-state index is 0.317. The Kier molecular flexibility index (Phi) is 10.4. The van der Waals surface area contributed by atoms with Crippen LogP contribution >= 0.6 is 46.9 Å². The van der Waals surface area contributed by atoms with Crippen LogP contribution in [0.3, 0.4) is 0 Å². The molecule has 0 aliphatic carbocycles. The molecule has 0 amide bonds. The van der Waals surface area contributed by atoms with Gasteiger partial charge in [0.15, 0.2) is 5.84 Å². The van der Waals surface area contributed by atoms with E-state index in [4.69, 9.17) is 23.4 Å². The summed E-state index contributed by atoms with van der Waals surface area (Å²) in [7, 11) is 0. The van der Waals surface area contributed by atoms with E-state index in [1.807, 2.05) is 0 Å². The van der Waals surface area contributed by atoms with E-state index >= 15 is 0 Å². The van der Waals surface area contributed by atoms with Crippen molar-refractivity contribution in [3.05, 3.63) is 51.1 Å². The fraction of sp³-hybridized carbons (Fsp3) is 0.467. The third kappa shape index (κ3) is 9.09. The summed E-state index contributed by atoms with van der Waals surface area (Å²) in [4.78, 5) is 19.0. The minimum atomic E-state index is -0.390. The first-order chi connectivity index (χ1) is 13.5. The molecule has 2 rings (SSSR count). The van der Waals surface area contributed by atoms with Gasteiger partial charge in [-0.15, -0.1) is 10.2 Å². The molecule has 0 aliphatic rings. The third-order valence-corrected chi connectivity index (χ3v) is 5.68. The lowest BCUT2D eigenvalue weighted by molar-refractivity contribution is -0.463. The van der Waals surface area contributed by atoms with Crippen LogP contribution < -0.4 is 5.32 Å². The van der Waals surface area contributed by atoms with Crippen LogP contribution in [-0.2, 0) is 11.5 Å². The summed E-state index contributed by atoms with van der Waals surface area (Å²) in [6.07, 6.45) is 3.30. The summed E-state index contributed by atoms with van der Waals surface area (Å²) in [5.74, 6) is 3.20. The number of pyridine rings is 1. The van der Waals surface area contributed by atoms with Crippen LogP contribution in [0.5, 0.6) is 0 Å². The van der Waals surface area contributed by atoms with Crippen LogP contribution in [0, 0.1) is 10.1 Å². The van der Waals surface area contributed by atoms with Crippen LogP contribution in [-0.4, -0.2) is 61.4 Å². The minimum Gasteiger partial charge on any atom is -0.368 e. The van der Waals surface area contributed by atoms with Crippen LogP contribution in [0.2, 0.25) is 5.02 Å². The fourth-order valence-electron chi connectivity index (χ4n) is 2.00. The van der Waals surface area contributed by atoms with E-state index in [9.17, 15) is 10.1 Å². The van der Waals surface area contributed by atoms with Crippen molar-refractivity contribution in [1.29, 1.82) is 0 Å². The van der Waals surface area contributed by atoms with Gasteiger partial charge in [0.05, 0.1) is 40.9 Å². The first-order valence-electron chi connectivity index (χ1n) is 8.26. The number of nitrogens with one attached hydrogen (secondary N) is 1. The molecule has 0 aliphatic heterocycles. The zero-order valence-electron chi connectivity index (χ0n) is 14.8. The van der Waals surface area contributed by atoms with Crippen molar-refractivity contribution in [3.8, 4) is 0 Å². The number of hydrogen-bond donors (Lipinski definition) is 1. The number of halogens is 2. The van der Waals surface area contributed by atoms with Crippen LogP contribution in [0.1, 0.15) is 11.4 Å². The summed E-state index contributed by atoms with van der Waals surface area (Å²) >= 11 is 14.9. The van der Waals surface area contributed by atoms with E-state index in [0.29, 0.717) is 35.5 Å². The van der Waals surface area contributed by atoms with Gasteiger partial charge >= 0.3 is 0 Å². The smallest absolute Gasteiger partial charge is 0.259 e. The Labute approximate surface area is 180 Å². The Morgan fingerprint density at radius 2 is 2.18 bits per heavy atom. The average molecular weight is 464 g/mol. The summed E-state index contributed by atoms with van der Waals surface area (Å²) in [6.45, 7) is 0.738. The van der Waals surface area contributed by atoms with Gasteiger partial charge in [0.1, 0.15) is 0 Å². The van der Waals surface area contributed by atoms with Crippen molar-refractivity contribution in [1.82, 2.24) is 24.8 Å². The summed E-state index contributed by atoms with van der Waals surface area (Å²) in [6, 6.07) is 3.59. The van der Waals surface area contributed by atoms with Crippen LogP contribution in [0.25, 0.3) is 0 Å². The SMILES string of the molecule is O=[N+]([O-])CC(=NCCSCc1ncccc1Cl)NCCSCc1cnn(Cl)n1. The number of nitrogens with zero attached hydrogens (tertiary/aromatic N) is 6. The fourth-order valence-corrected chi connectivity index (χ4v) is 3.93. The Bertz CT molecular complexity index is 791. The zero-order valence-corrected chi connectivity index (χ0v) is 18.0. The highest BCUT2D eigenvalue weighted by Gasteiger charge is 2.07. The van der Waals surface area contributed by atoms with Crippen molar-refractivity contribution in [2.45, 2.75) is 11.5 Å². The van der Waals surface area contributed by atoms with Gasteiger partial charge in [0.2, 0.25) is 0 Å². The lowest BCUT2D eigenvalue weighted by Crippen LogP contribution is -2.32. The lowest BCUT2D eigenvalue weighted by atomic mass is 10.4. The molecule has 0 bridgehead atoms. The van der Waals surface area contributed by atoms with Crippen LogP contribution in [0.4, 0.5) is 0 Å². The predicted octanol–water partition coefficient (Wildman–Crippen LogP) is 2.76. The van der Waals surface area contributed by atoms with E-state index < -0.39 is 4.92 Å². The summed E-state index contributed by atoms with van der Waals surface area (Å²) in [5, 5.41) is 22.2. The number of hydrogen-bond acceptors (Lipinski definition) is 8. The third-order valence-electron chi connectivity index (χ3n) is 3.23. The monoisotopic (exact) mass is 463 g/mol. The molecule has 152 valence electrons. The lowest BCUT2D eigenvalue weighted by Gasteiger charge is -2.07. The number of amidine groups is 1. The Balaban J connectivity index is 1.66. The molecule has 0 fully saturated rings. The Morgan fingerprint density at radius 1 is 1.36 bits per heavy atom. The topological polar surface area (TPSA) is 111 Å². The highest BCUT2D eigenvalue weighted by molar-refractivity contribution is 7.98. The van der Waals surface area contributed by atoms with E-state index in [0.717, 1.165) is 27.2 Å². The highest BCUT2D eigenvalue weighted by atomic mass is 35.5. The molecule has 0 radical (unpaired) electrons. The van der Waals surface area contributed by atoms with Gasteiger partial charge in [0.25, 0.3) is 6.54 Å². The summed E-state index contributed by atoms with van der Waals surface area (Å²) < 4.78 is 0.996. The molecule has 28 heavy (non-hydrogen) atoms. The van der Waals surface area contributed by atoms with E-state index in [-0.39, 0.29) is 6.54 Å². The van der Waals surface area contributed by atoms with Crippen molar-refractivity contribution >= 4 is 52.7 Å². The summed E-state index contributed by atoms with van der Waals surface area (Å²) in [5.41, 5.74) is 1.61. The maximum absolute atomic E-state index is 10.8. The number of thioether (sulfide) groups is 2. The largest absolute Gasteiger partial charge is 0.368 e. The second kappa shape index (κ2) is 12.8. The Hall–Kier alpha value is -1.56. The molecule has 2 aromatic heterocycles. The van der Waals surface area contributed by atoms with Crippen molar-refractivity contribution in [2.75, 3.05) is 31.1 Å². The first-order valence-corrected chi connectivity index (χ1v) is 11.3. The molecule has 0 aromatic carbocycles. The molecule has 0 unspecified atom stereocenters. The molecule has 2 aromatic rings. The molecular weight excluding hydrogens is 445 g/mol. The van der Waals surface area contributed by atoms with Gasteiger partial charge in [-0.05, 0) is 12.1 Å². The predicted molar refractivity (Wildman–Crippen MR) is 115 cm³/mol.